The molecule has 1 aliphatic heterocycles. The molecule has 1 saturated heterocycles. The van der Waals surface area contributed by atoms with Crippen LogP contribution in [0.4, 0.5) is 23.2 Å². The van der Waals surface area contributed by atoms with Gasteiger partial charge in [0, 0.05) is 25.2 Å². The summed E-state index contributed by atoms with van der Waals surface area (Å²) in [6.07, 6.45) is -4.30. The summed E-state index contributed by atoms with van der Waals surface area (Å²) in [5.41, 5.74) is -0.135. The summed E-state index contributed by atoms with van der Waals surface area (Å²) in [7, 11) is -4.09. The molecule has 11 heteroatoms. The first kappa shape index (κ1) is 23.2. The van der Waals surface area contributed by atoms with E-state index in [1.54, 1.807) is 0 Å². The number of nitrogens with zero attached hydrogens (tertiary/aromatic N) is 1. The molecule has 0 spiro atoms. The molecular weight excluding hydrogens is 440 g/mol. The minimum atomic E-state index is -4.43. The van der Waals surface area contributed by atoms with Crippen LogP contribution >= 0.6 is 0 Å². The summed E-state index contributed by atoms with van der Waals surface area (Å²) >= 11 is 0. The molecule has 1 fully saturated rings. The highest BCUT2D eigenvalue weighted by Gasteiger charge is 2.30. The van der Waals surface area contributed by atoms with Crippen LogP contribution in [0, 0.1) is 5.82 Å². The van der Waals surface area contributed by atoms with Crippen LogP contribution in [0.25, 0.3) is 0 Å². The van der Waals surface area contributed by atoms with Gasteiger partial charge in [-0.15, -0.1) is 0 Å². The molecule has 0 radical (unpaired) electrons. The quantitative estimate of drug-likeness (QED) is 0.671. The first-order chi connectivity index (χ1) is 14.6. The fourth-order valence-electron chi connectivity index (χ4n) is 3.05. The Morgan fingerprint density at radius 1 is 1.06 bits per heavy atom. The molecule has 31 heavy (non-hydrogen) atoms. The van der Waals surface area contributed by atoms with Crippen LogP contribution in [0.1, 0.15) is 17.5 Å². The standard InChI is InChI=1S/C20H20F4N2O4S/c21-17-7-6-16(13-18(17)31(28,29)26-9-11-30-12-10-26)25-19(27)8-3-14-1-4-15(5-2-14)20(22,23)24/h1-2,4-7,13H,3,8-12H2,(H,25,27). The van der Waals surface area contributed by atoms with Gasteiger partial charge >= 0.3 is 6.18 Å². The first-order valence-corrected chi connectivity index (χ1v) is 10.8. The Hall–Kier alpha value is -2.50. The zero-order valence-electron chi connectivity index (χ0n) is 16.3. The van der Waals surface area contributed by atoms with Gasteiger partial charge in [0.1, 0.15) is 10.7 Å². The maximum absolute atomic E-state index is 14.2. The van der Waals surface area contributed by atoms with Gasteiger partial charge in [0.2, 0.25) is 15.9 Å². The normalized spacial score (nSPS) is 15.6. The number of morpholine rings is 1. The first-order valence-electron chi connectivity index (χ1n) is 9.41. The average molecular weight is 460 g/mol. The van der Waals surface area contributed by atoms with Gasteiger partial charge in [0.15, 0.2) is 0 Å². The third-order valence-electron chi connectivity index (χ3n) is 4.72. The minimum Gasteiger partial charge on any atom is -0.379 e. The lowest BCUT2D eigenvalue weighted by Crippen LogP contribution is -2.40. The van der Waals surface area contributed by atoms with Crippen molar-refractivity contribution >= 4 is 21.6 Å². The van der Waals surface area contributed by atoms with E-state index in [1.807, 2.05) is 0 Å². The topological polar surface area (TPSA) is 75.7 Å². The van der Waals surface area contributed by atoms with E-state index in [9.17, 15) is 30.8 Å². The molecule has 2 aromatic carbocycles. The Bertz CT molecular complexity index is 1030. The second-order valence-electron chi connectivity index (χ2n) is 6.90. The van der Waals surface area contributed by atoms with Gasteiger partial charge in [-0.1, -0.05) is 12.1 Å². The number of ether oxygens (including phenoxy) is 1. The van der Waals surface area contributed by atoms with Gasteiger partial charge in [-0.25, -0.2) is 12.8 Å². The van der Waals surface area contributed by atoms with Gasteiger partial charge < -0.3 is 10.1 Å². The van der Waals surface area contributed by atoms with Crippen molar-refractivity contribution in [1.29, 1.82) is 0 Å². The number of nitrogens with one attached hydrogen (secondary N) is 1. The smallest absolute Gasteiger partial charge is 0.379 e. The summed E-state index contributed by atoms with van der Waals surface area (Å²) < 4.78 is 83.6. The molecule has 0 saturated carbocycles. The van der Waals surface area contributed by atoms with Crippen LogP contribution in [0.15, 0.2) is 47.4 Å². The zero-order chi connectivity index (χ0) is 22.6. The van der Waals surface area contributed by atoms with Crippen molar-refractivity contribution in [2.24, 2.45) is 0 Å². The third kappa shape index (κ3) is 5.81. The fourth-order valence-corrected chi connectivity index (χ4v) is 4.54. The lowest BCUT2D eigenvalue weighted by atomic mass is 10.1. The molecular formula is C20H20F4N2O4S. The van der Waals surface area contributed by atoms with E-state index in [2.05, 4.69) is 5.32 Å². The summed E-state index contributed by atoms with van der Waals surface area (Å²) in [6.45, 7) is 0.624. The van der Waals surface area contributed by atoms with Crippen molar-refractivity contribution in [1.82, 2.24) is 4.31 Å². The SMILES string of the molecule is O=C(CCc1ccc(C(F)(F)F)cc1)Nc1ccc(F)c(S(=O)(=O)N2CCOCC2)c1. The monoisotopic (exact) mass is 460 g/mol. The second kappa shape index (κ2) is 9.33. The summed E-state index contributed by atoms with van der Waals surface area (Å²) in [5.74, 6) is -1.42. The van der Waals surface area contributed by atoms with Crippen molar-refractivity contribution in [3.05, 3.63) is 59.4 Å². The van der Waals surface area contributed by atoms with Crippen molar-refractivity contribution in [2.75, 3.05) is 31.6 Å². The van der Waals surface area contributed by atoms with E-state index in [1.165, 1.54) is 18.2 Å². The predicted molar refractivity (Wildman–Crippen MR) is 104 cm³/mol. The number of benzene rings is 2. The molecule has 0 bridgehead atoms. The van der Waals surface area contributed by atoms with E-state index in [0.29, 0.717) is 5.56 Å². The molecule has 6 nitrogen and oxygen atoms in total. The van der Waals surface area contributed by atoms with Crippen LogP contribution < -0.4 is 5.32 Å². The highest BCUT2D eigenvalue weighted by molar-refractivity contribution is 7.89. The fraction of sp³-hybridized carbons (Fsp3) is 0.350. The van der Waals surface area contributed by atoms with Crippen LogP contribution in [0.3, 0.4) is 0 Å². The number of sulfonamides is 1. The Balaban J connectivity index is 1.64. The average Bonchev–Trinajstić information content (AvgIpc) is 2.74. The lowest BCUT2D eigenvalue weighted by Gasteiger charge is -2.26. The Labute approximate surface area is 176 Å². The predicted octanol–water partition coefficient (Wildman–Crippen LogP) is 3.44. The molecule has 2 aromatic rings. The number of anilines is 1. The van der Waals surface area contributed by atoms with Crippen molar-refractivity contribution < 1.29 is 35.5 Å². The van der Waals surface area contributed by atoms with Crippen LogP contribution in [-0.2, 0) is 32.2 Å². The number of aryl methyl sites for hydroxylation is 1. The van der Waals surface area contributed by atoms with Gasteiger partial charge in [-0.3, -0.25) is 4.79 Å². The van der Waals surface area contributed by atoms with Crippen molar-refractivity contribution in [2.45, 2.75) is 23.9 Å². The van der Waals surface area contributed by atoms with E-state index >= 15 is 0 Å². The maximum Gasteiger partial charge on any atom is 0.416 e. The molecule has 1 amide bonds. The molecule has 0 unspecified atom stereocenters. The number of hydrogen-bond donors (Lipinski definition) is 1. The molecule has 1 heterocycles. The number of hydrogen-bond acceptors (Lipinski definition) is 4. The van der Waals surface area contributed by atoms with Crippen LogP contribution in [0.5, 0.6) is 0 Å². The highest BCUT2D eigenvalue weighted by Crippen LogP contribution is 2.29. The molecule has 0 aromatic heterocycles. The number of carbonyl (C=O) groups is 1. The largest absolute Gasteiger partial charge is 0.416 e. The number of halogens is 4. The van der Waals surface area contributed by atoms with Gasteiger partial charge in [-0.05, 0) is 42.3 Å². The van der Waals surface area contributed by atoms with Gasteiger partial charge in [-0.2, -0.15) is 17.5 Å². The van der Waals surface area contributed by atoms with E-state index < -0.39 is 38.4 Å². The van der Waals surface area contributed by atoms with Gasteiger partial charge in [0.25, 0.3) is 0 Å². The molecule has 0 atom stereocenters. The Morgan fingerprint density at radius 2 is 1.71 bits per heavy atom. The summed E-state index contributed by atoms with van der Waals surface area (Å²) in [5, 5.41) is 2.50. The number of alkyl halides is 3. The molecule has 3 rings (SSSR count). The van der Waals surface area contributed by atoms with Crippen LogP contribution in [-0.4, -0.2) is 44.9 Å². The third-order valence-corrected chi connectivity index (χ3v) is 6.64. The van der Waals surface area contributed by atoms with Crippen LogP contribution in [0.2, 0.25) is 0 Å². The molecule has 1 N–H and O–H groups in total. The van der Waals surface area contributed by atoms with E-state index in [4.69, 9.17) is 4.74 Å². The second-order valence-corrected chi connectivity index (χ2v) is 8.81. The van der Waals surface area contributed by atoms with E-state index in [-0.39, 0.29) is 44.8 Å². The van der Waals surface area contributed by atoms with Crippen molar-refractivity contribution in [3.63, 3.8) is 0 Å². The van der Waals surface area contributed by atoms with Crippen molar-refractivity contribution in [3.8, 4) is 0 Å². The number of rotatable bonds is 6. The number of carbonyl (C=O) groups excluding carboxylic acids is 1. The summed E-state index contributed by atoms with van der Waals surface area (Å²) in [6, 6.07) is 7.71. The molecule has 1 aliphatic rings. The minimum absolute atomic E-state index is 0.0473. The lowest BCUT2D eigenvalue weighted by molar-refractivity contribution is -0.137. The Morgan fingerprint density at radius 3 is 2.32 bits per heavy atom. The maximum atomic E-state index is 14.2. The highest BCUT2D eigenvalue weighted by atomic mass is 32.2. The van der Waals surface area contributed by atoms with Gasteiger partial charge in [0.05, 0.1) is 18.8 Å². The Kier molecular flexibility index (Phi) is 6.97. The summed E-state index contributed by atoms with van der Waals surface area (Å²) in [4.78, 5) is 11.7. The van der Waals surface area contributed by atoms with E-state index in [0.717, 1.165) is 28.6 Å². The molecule has 168 valence electrons. The molecule has 0 aliphatic carbocycles. The number of amides is 1. The zero-order valence-corrected chi connectivity index (χ0v) is 17.1.